The van der Waals surface area contributed by atoms with Gasteiger partial charge in [-0.25, -0.2) is 0 Å². The van der Waals surface area contributed by atoms with Crippen molar-refractivity contribution in [1.82, 2.24) is 0 Å². The first-order valence-corrected chi connectivity index (χ1v) is 6.04. The first-order valence-electron chi connectivity index (χ1n) is 6.04. The standard InChI is InChI=1S/C16H17NO2/c1-5-11-19-16(12(3)6-2)13-9-7-8-10-14(13)17(4)15(16)18/h5-10H,1-3,11H2,4H3. The zero-order valence-corrected chi connectivity index (χ0v) is 11.1. The van der Waals surface area contributed by atoms with Crippen LogP contribution in [0.2, 0.25) is 0 Å². The van der Waals surface area contributed by atoms with Gasteiger partial charge in [0.15, 0.2) is 5.60 Å². The topological polar surface area (TPSA) is 29.5 Å². The number of anilines is 1. The van der Waals surface area contributed by atoms with E-state index in [9.17, 15) is 4.79 Å². The molecule has 1 aromatic rings. The van der Waals surface area contributed by atoms with Gasteiger partial charge in [-0.15, -0.1) is 6.58 Å². The number of carbonyl (C=O) groups is 1. The van der Waals surface area contributed by atoms with E-state index in [2.05, 4.69) is 19.7 Å². The van der Waals surface area contributed by atoms with Crippen LogP contribution in [-0.2, 0) is 15.1 Å². The number of hydrogen-bond acceptors (Lipinski definition) is 2. The van der Waals surface area contributed by atoms with Gasteiger partial charge < -0.3 is 9.64 Å². The van der Waals surface area contributed by atoms with E-state index in [4.69, 9.17) is 4.74 Å². The molecule has 1 aromatic carbocycles. The Morgan fingerprint density at radius 3 is 2.74 bits per heavy atom. The highest BCUT2D eigenvalue weighted by Gasteiger charge is 2.52. The third kappa shape index (κ3) is 1.74. The van der Waals surface area contributed by atoms with Crippen LogP contribution in [0.5, 0.6) is 0 Å². The van der Waals surface area contributed by atoms with E-state index in [0.717, 1.165) is 11.3 Å². The molecular formula is C16H17NO2. The number of hydrogen-bond donors (Lipinski definition) is 0. The van der Waals surface area contributed by atoms with Crippen molar-refractivity contribution in [2.75, 3.05) is 18.6 Å². The Bertz CT molecular complexity index is 562. The number of fused-ring (bicyclic) bond motifs is 1. The summed E-state index contributed by atoms with van der Waals surface area (Å²) in [6.45, 7) is 11.6. The van der Waals surface area contributed by atoms with Crippen LogP contribution >= 0.6 is 0 Å². The molecule has 0 saturated carbocycles. The molecule has 3 nitrogen and oxygen atoms in total. The molecule has 1 atom stereocenters. The minimum Gasteiger partial charge on any atom is -0.352 e. The Hall–Kier alpha value is -2.13. The molecule has 1 unspecified atom stereocenters. The van der Waals surface area contributed by atoms with Crippen LogP contribution in [0.15, 0.2) is 61.7 Å². The summed E-state index contributed by atoms with van der Waals surface area (Å²) in [5.74, 6) is -0.152. The van der Waals surface area contributed by atoms with Crippen LogP contribution < -0.4 is 4.90 Å². The van der Waals surface area contributed by atoms with E-state index in [0.29, 0.717) is 5.57 Å². The van der Waals surface area contributed by atoms with Gasteiger partial charge in [-0.3, -0.25) is 4.79 Å². The molecule has 1 heterocycles. The number of nitrogens with zero attached hydrogens (tertiary/aromatic N) is 1. The van der Waals surface area contributed by atoms with Crippen LogP contribution in [0.4, 0.5) is 5.69 Å². The second-order valence-electron chi connectivity index (χ2n) is 4.39. The molecule has 19 heavy (non-hydrogen) atoms. The fourth-order valence-corrected chi connectivity index (χ4v) is 2.39. The Kier molecular flexibility index (Phi) is 3.40. The van der Waals surface area contributed by atoms with Gasteiger partial charge in [0.05, 0.1) is 12.3 Å². The first-order chi connectivity index (χ1) is 9.09. The van der Waals surface area contributed by atoms with Crippen molar-refractivity contribution in [3.05, 3.63) is 67.3 Å². The summed E-state index contributed by atoms with van der Waals surface area (Å²) in [6.07, 6.45) is 3.18. The smallest absolute Gasteiger partial charge is 0.268 e. The van der Waals surface area contributed by atoms with Gasteiger partial charge in [0.2, 0.25) is 0 Å². The molecular weight excluding hydrogens is 238 g/mol. The highest BCUT2D eigenvalue weighted by atomic mass is 16.5. The Labute approximate surface area is 113 Å². The number of likely N-dealkylation sites (N-methyl/N-ethyl adjacent to an activating group) is 1. The molecule has 3 heteroatoms. The highest BCUT2D eigenvalue weighted by Crippen LogP contribution is 2.46. The number of amides is 1. The zero-order valence-electron chi connectivity index (χ0n) is 11.1. The lowest BCUT2D eigenvalue weighted by atomic mass is 9.87. The molecule has 2 rings (SSSR count). The van der Waals surface area contributed by atoms with Gasteiger partial charge in [0.1, 0.15) is 0 Å². The molecule has 0 spiro atoms. The second-order valence-corrected chi connectivity index (χ2v) is 4.39. The van der Waals surface area contributed by atoms with Gasteiger partial charge >= 0.3 is 0 Å². The van der Waals surface area contributed by atoms with E-state index >= 15 is 0 Å². The monoisotopic (exact) mass is 255 g/mol. The molecule has 0 saturated heterocycles. The summed E-state index contributed by atoms with van der Waals surface area (Å²) in [5.41, 5.74) is 0.992. The van der Waals surface area contributed by atoms with Crippen LogP contribution in [0.25, 0.3) is 0 Å². The molecule has 1 aliphatic rings. The van der Waals surface area contributed by atoms with Crippen molar-refractivity contribution >= 4 is 11.6 Å². The molecule has 1 aliphatic heterocycles. The fourth-order valence-electron chi connectivity index (χ4n) is 2.39. The number of benzene rings is 1. The zero-order chi connectivity index (χ0) is 14.0. The molecule has 0 fully saturated rings. The Morgan fingerprint density at radius 1 is 1.42 bits per heavy atom. The average Bonchev–Trinajstić information content (AvgIpc) is 2.67. The number of rotatable bonds is 5. The van der Waals surface area contributed by atoms with Crippen LogP contribution in [0, 0.1) is 0 Å². The van der Waals surface area contributed by atoms with Crippen molar-refractivity contribution in [2.45, 2.75) is 5.60 Å². The van der Waals surface area contributed by atoms with E-state index in [-0.39, 0.29) is 12.5 Å². The maximum atomic E-state index is 12.6. The summed E-state index contributed by atoms with van der Waals surface area (Å²) in [4.78, 5) is 14.2. The largest absolute Gasteiger partial charge is 0.352 e. The van der Waals surface area contributed by atoms with Gasteiger partial charge in [-0.1, -0.05) is 43.5 Å². The average molecular weight is 255 g/mol. The van der Waals surface area contributed by atoms with E-state index < -0.39 is 5.60 Å². The normalized spacial score (nSPS) is 21.1. The lowest BCUT2D eigenvalue weighted by molar-refractivity contribution is -0.136. The highest BCUT2D eigenvalue weighted by molar-refractivity contribution is 6.09. The molecule has 98 valence electrons. The number of carbonyl (C=O) groups excluding carboxylic acids is 1. The third-order valence-electron chi connectivity index (χ3n) is 3.37. The van der Waals surface area contributed by atoms with Crippen LogP contribution in [-0.4, -0.2) is 19.6 Å². The molecule has 0 aliphatic carbocycles. The lowest BCUT2D eigenvalue weighted by Gasteiger charge is -2.28. The maximum absolute atomic E-state index is 12.6. The molecule has 1 amide bonds. The third-order valence-corrected chi connectivity index (χ3v) is 3.37. The van der Waals surface area contributed by atoms with E-state index in [1.807, 2.05) is 24.3 Å². The minimum atomic E-state index is -1.18. The molecule has 0 aromatic heterocycles. The Balaban J connectivity index is 2.65. The van der Waals surface area contributed by atoms with Crippen molar-refractivity contribution in [3.8, 4) is 0 Å². The van der Waals surface area contributed by atoms with Crippen molar-refractivity contribution in [1.29, 1.82) is 0 Å². The second kappa shape index (κ2) is 4.86. The summed E-state index contributed by atoms with van der Waals surface area (Å²) >= 11 is 0. The van der Waals surface area contributed by atoms with E-state index in [1.54, 1.807) is 24.1 Å². The lowest BCUT2D eigenvalue weighted by Crippen LogP contribution is -2.42. The van der Waals surface area contributed by atoms with E-state index in [1.165, 1.54) is 0 Å². The van der Waals surface area contributed by atoms with Crippen molar-refractivity contribution in [2.24, 2.45) is 0 Å². The van der Waals surface area contributed by atoms with Gasteiger partial charge in [-0.05, 0) is 11.6 Å². The molecule has 0 N–H and O–H groups in total. The van der Waals surface area contributed by atoms with Gasteiger partial charge in [0, 0.05) is 12.6 Å². The SMILES string of the molecule is C=CCOC1(C(=C)C=C)C(=O)N(C)c2ccccc21. The predicted octanol–water partition coefficient (Wildman–Crippen LogP) is 2.80. The van der Waals surface area contributed by atoms with Crippen LogP contribution in [0.3, 0.4) is 0 Å². The van der Waals surface area contributed by atoms with Gasteiger partial charge in [0.25, 0.3) is 5.91 Å². The maximum Gasteiger partial charge on any atom is 0.268 e. The molecule has 0 bridgehead atoms. The molecule has 0 radical (unpaired) electrons. The van der Waals surface area contributed by atoms with Crippen molar-refractivity contribution < 1.29 is 9.53 Å². The number of para-hydroxylation sites is 1. The summed E-state index contributed by atoms with van der Waals surface area (Å²) < 4.78 is 5.82. The predicted molar refractivity (Wildman–Crippen MR) is 77.0 cm³/mol. The van der Waals surface area contributed by atoms with Gasteiger partial charge in [-0.2, -0.15) is 0 Å². The minimum absolute atomic E-state index is 0.152. The summed E-state index contributed by atoms with van der Waals surface area (Å²) in [5, 5.41) is 0. The summed E-state index contributed by atoms with van der Waals surface area (Å²) in [6, 6.07) is 7.55. The fraction of sp³-hybridized carbons (Fsp3) is 0.188. The number of ether oxygens (including phenoxy) is 1. The van der Waals surface area contributed by atoms with Crippen molar-refractivity contribution in [3.63, 3.8) is 0 Å². The van der Waals surface area contributed by atoms with Crippen LogP contribution in [0.1, 0.15) is 5.56 Å². The Morgan fingerprint density at radius 2 is 2.11 bits per heavy atom. The quantitative estimate of drug-likeness (QED) is 0.598. The first kappa shape index (κ1) is 13.3. The summed E-state index contributed by atoms with van der Waals surface area (Å²) in [7, 11) is 1.73.